The van der Waals surface area contributed by atoms with Crippen molar-refractivity contribution in [3.63, 3.8) is 0 Å². The maximum atomic E-state index is 13.4. The molecule has 0 fully saturated rings. The second-order valence-corrected chi connectivity index (χ2v) is 6.32. The zero-order valence-corrected chi connectivity index (χ0v) is 15.8. The smallest absolute Gasteiger partial charge is 0.274 e. The zero-order valence-electron chi connectivity index (χ0n) is 15.8. The van der Waals surface area contributed by atoms with E-state index in [1.54, 1.807) is 13.0 Å². The molecule has 0 atom stereocenters. The molecule has 3 rings (SSSR count). The third-order valence-electron chi connectivity index (χ3n) is 4.14. The number of carbonyl (C=O) groups is 1. The Morgan fingerprint density at radius 2 is 1.82 bits per heavy atom. The van der Waals surface area contributed by atoms with Gasteiger partial charge in [0.05, 0.1) is 0 Å². The molecule has 3 aromatic rings. The normalized spacial score (nSPS) is 10.6. The van der Waals surface area contributed by atoms with E-state index in [0.717, 1.165) is 23.4 Å². The van der Waals surface area contributed by atoms with Crippen LogP contribution in [-0.4, -0.2) is 22.4 Å². The summed E-state index contributed by atoms with van der Waals surface area (Å²) in [7, 11) is 0. The molecule has 0 aliphatic heterocycles. The molecule has 1 heterocycles. The predicted octanol–water partition coefficient (Wildman–Crippen LogP) is 4.78. The average molecular weight is 382 g/mol. The summed E-state index contributed by atoms with van der Waals surface area (Å²) in [6, 6.07) is 12.7. The van der Waals surface area contributed by atoms with E-state index in [1.807, 2.05) is 43.0 Å². The van der Waals surface area contributed by atoms with Crippen LogP contribution in [0.3, 0.4) is 0 Å². The number of carbonyl (C=O) groups excluding carboxylic acids is 1. The van der Waals surface area contributed by atoms with Crippen molar-refractivity contribution in [1.29, 1.82) is 0 Å². The van der Waals surface area contributed by atoms with E-state index in [2.05, 4.69) is 15.3 Å². The molecule has 0 aliphatic rings. The molecule has 5 nitrogen and oxygen atoms in total. The minimum Gasteiger partial charge on any atom is -0.327 e. The quantitative estimate of drug-likeness (QED) is 0.690. The first-order chi connectivity index (χ1) is 13.4. The van der Waals surface area contributed by atoms with Crippen LogP contribution in [0.5, 0.6) is 0 Å². The first-order valence-electron chi connectivity index (χ1n) is 8.83. The number of rotatable bonds is 5. The van der Waals surface area contributed by atoms with Gasteiger partial charge in [-0.3, -0.25) is 4.79 Å². The molecule has 0 bridgehead atoms. The van der Waals surface area contributed by atoms with Crippen molar-refractivity contribution >= 4 is 23.1 Å². The third-order valence-corrected chi connectivity index (χ3v) is 4.14. The number of anilines is 3. The highest BCUT2D eigenvalue weighted by atomic mass is 19.2. The summed E-state index contributed by atoms with van der Waals surface area (Å²) in [5.74, 6) is -1.53. The molecule has 144 valence electrons. The lowest BCUT2D eigenvalue weighted by Gasteiger charge is -2.23. The van der Waals surface area contributed by atoms with E-state index in [9.17, 15) is 13.6 Å². The van der Waals surface area contributed by atoms with Crippen LogP contribution in [0.2, 0.25) is 0 Å². The Bertz CT molecular complexity index is 1020. The molecule has 2 aromatic carbocycles. The van der Waals surface area contributed by atoms with Crippen molar-refractivity contribution in [3.05, 3.63) is 77.2 Å². The van der Waals surface area contributed by atoms with Crippen LogP contribution in [-0.2, 0) is 0 Å². The lowest BCUT2D eigenvalue weighted by atomic mass is 10.2. The van der Waals surface area contributed by atoms with Crippen LogP contribution < -0.4 is 10.2 Å². The molecule has 0 aliphatic carbocycles. The van der Waals surface area contributed by atoms with Crippen LogP contribution in [0, 0.1) is 25.5 Å². The Morgan fingerprint density at radius 3 is 2.50 bits per heavy atom. The average Bonchev–Trinajstić information content (AvgIpc) is 2.65. The van der Waals surface area contributed by atoms with Gasteiger partial charge < -0.3 is 10.2 Å². The molecular formula is C21H20F2N4O. The predicted molar refractivity (Wildman–Crippen MR) is 105 cm³/mol. The van der Waals surface area contributed by atoms with E-state index in [4.69, 9.17) is 0 Å². The van der Waals surface area contributed by atoms with E-state index < -0.39 is 17.5 Å². The van der Waals surface area contributed by atoms with Gasteiger partial charge in [-0.1, -0.05) is 12.1 Å². The highest BCUT2D eigenvalue weighted by molar-refractivity contribution is 6.03. The van der Waals surface area contributed by atoms with Gasteiger partial charge >= 0.3 is 0 Å². The number of aromatic nitrogens is 2. The molecule has 1 N–H and O–H groups in total. The highest BCUT2D eigenvalue weighted by Crippen LogP contribution is 2.25. The number of amides is 1. The number of halogens is 2. The Morgan fingerprint density at radius 1 is 1.04 bits per heavy atom. The van der Waals surface area contributed by atoms with Gasteiger partial charge in [0, 0.05) is 30.1 Å². The Labute approximate surface area is 162 Å². The van der Waals surface area contributed by atoms with Gasteiger partial charge in [-0.05, 0) is 50.6 Å². The SMILES string of the molecule is CCN(c1cccc(C)c1)c1cc(C(=O)Nc2ccc(F)c(F)c2)nc(C)n1. The summed E-state index contributed by atoms with van der Waals surface area (Å²) < 4.78 is 26.4. The summed E-state index contributed by atoms with van der Waals surface area (Å²) in [5, 5.41) is 2.53. The van der Waals surface area contributed by atoms with Crippen LogP contribution in [0.1, 0.15) is 28.8 Å². The van der Waals surface area contributed by atoms with Crippen molar-refractivity contribution < 1.29 is 13.6 Å². The second kappa shape index (κ2) is 8.12. The number of nitrogens with one attached hydrogen (secondary N) is 1. The number of nitrogens with zero attached hydrogens (tertiary/aromatic N) is 3. The molecule has 0 saturated carbocycles. The zero-order chi connectivity index (χ0) is 20.3. The fraction of sp³-hybridized carbons (Fsp3) is 0.190. The second-order valence-electron chi connectivity index (χ2n) is 6.32. The summed E-state index contributed by atoms with van der Waals surface area (Å²) in [6.45, 7) is 6.33. The first kappa shape index (κ1) is 19.4. The molecule has 0 saturated heterocycles. The van der Waals surface area contributed by atoms with E-state index in [-0.39, 0.29) is 11.4 Å². The molecule has 0 radical (unpaired) electrons. The largest absolute Gasteiger partial charge is 0.327 e. The van der Waals surface area contributed by atoms with Crippen molar-refractivity contribution in [2.24, 2.45) is 0 Å². The highest BCUT2D eigenvalue weighted by Gasteiger charge is 2.16. The summed E-state index contributed by atoms with van der Waals surface area (Å²) in [5.41, 5.74) is 2.34. The van der Waals surface area contributed by atoms with E-state index >= 15 is 0 Å². The van der Waals surface area contributed by atoms with Gasteiger partial charge in [0.1, 0.15) is 17.3 Å². The van der Waals surface area contributed by atoms with Crippen molar-refractivity contribution in [3.8, 4) is 0 Å². The molecule has 1 amide bonds. The molecule has 7 heteroatoms. The van der Waals surface area contributed by atoms with Gasteiger partial charge in [0.15, 0.2) is 11.6 Å². The number of aryl methyl sites for hydroxylation is 2. The van der Waals surface area contributed by atoms with Crippen LogP contribution >= 0.6 is 0 Å². The summed E-state index contributed by atoms with van der Waals surface area (Å²) in [4.78, 5) is 23.2. The molecule has 28 heavy (non-hydrogen) atoms. The van der Waals surface area contributed by atoms with Gasteiger partial charge in [-0.25, -0.2) is 18.7 Å². The maximum absolute atomic E-state index is 13.4. The monoisotopic (exact) mass is 382 g/mol. The third kappa shape index (κ3) is 4.31. The van der Waals surface area contributed by atoms with Gasteiger partial charge in [-0.15, -0.1) is 0 Å². The minimum atomic E-state index is -1.03. The lowest BCUT2D eigenvalue weighted by Crippen LogP contribution is -2.21. The van der Waals surface area contributed by atoms with Gasteiger partial charge in [-0.2, -0.15) is 0 Å². The fourth-order valence-electron chi connectivity index (χ4n) is 2.85. The Balaban J connectivity index is 1.91. The molecular weight excluding hydrogens is 362 g/mol. The molecule has 0 spiro atoms. The number of hydrogen-bond acceptors (Lipinski definition) is 4. The molecule has 0 unspecified atom stereocenters. The van der Waals surface area contributed by atoms with Crippen molar-refractivity contribution in [2.45, 2.75) is 20.8 Å². The van der Waals surface area contributed by atoms with Gasteiger partial charge in [0.25, 0.3) is 5.91 Å². The number of hydrogen-bond donors (Lipinski definition) is 1. The topological polar surface area (TPSA) is 58.1 Å². The van der Waals surface area contributed by atoms with E-state index in [0.29, 0.717) is 18.2 Å². The van der Waals surface area contributed by atoms with Crippen molar-refractivity contribution in [2.75, 3.05) is 16.8 Å². The molecule has 1 aromatic heterocycles. The standard InChI is InChI=1S/C21H20F2N4O/c1-4-27(16-7-5-6-13(2)10-16)20-12-19(24-14(3)25-20)21(28)26-15-8-9-17(22)18(23)11-15/h5-12H,4H2,1-3H3,(H,26,28). The summed E-state index contributed by atoms with van der Waals surface area (Å²) >= 11 is 0. The fourth-order valence-corrected chi connectivity index (χ4v) is 2.85. The van der Waals surface area contributed by atoms with Crippen LogP contribution in [0.15, 0.2) is 48.5 Å². The maximum Gasteiger partial charge on any atom is 0.274 e. The minimum absolute atomic E-state index is 0.137. The van der Waals surface area contributed by atoms with Crippen molar-refractivity contribution in [1.82, 2.24) is 9.97 Å². The Kier molecular flexibility index (Phi) is 5.63. The number of benzene rings is 2. The van der Waals surface area contributed by atoms with E-state index in [1.165, 1.54) is 6.07 Å². The van der Waals surface area contributed by atoms with Gasteiger partial charge in [0.2, 0.25) is 0 Å². The van der Waals surface area contributed by atoms with Crippen LogP contribution in [0.4, 0.5) is 26.0 Å². The first-order valence-corrected chi connectivity index (χ1v) is 8.83. The lowest BCUT2D eigenvalue weighted by molar-refractivity contribution is 0.102. The Hall–Kier alpha value is -3.35. The van der Waals surface area contributed by atoms with Crippen LogP contribution in [0.25, 0.3) is 0 Å². The summed E-state index contributed by atoms with van der Waals surface area (Å²) in [6.07, 6.45) is 0.